The Hall–Kier alpha value is -1.52. The molecule has 1 amide bonds. The molecule has 0 unspecified atom stereocenters. The highest BCUT2D eigenvalue weighted by Gasteiger charge is 2.29. The number of halogens is 3. The second kappa shape index (κ2) is 8.24. The van der Waals surface area contributed by atoms with Crippen molar-refractivity contribution in [1.29, 1.82) is 0 Å². The molecular weight excluding hydrogens is 463 g/mol. The van der Waals surface area contributed by atoms with Crippen LogP contribution in [0.15, 0.2) is 45.8 Å². The molecule has 1 aliphatic heterocycles. The Morgan fingerprint density at radius 3 is 2.56 bits per heavy atom. The van der Waals surface area contributed by atoms with Crippen LogP contribution >= 0.6 is 27.5 Å². The van der Waals surface area contributed by atoms with Gasteiger partial charge in [0.25, 0.3) is 5.91 Å². The highest BCUT2D eigenvalue weighted by atomic mass is 79.9. The quantitative estimate of drug-likeness (QED) is 0.731. The van der Waals surface area contributed by atoms with Gasteiger partial charge in [0, 0.05) is 23.1 Å². The Kier molecular flexibility index (Phi) is 6.17. The van der Waals surface area contributed by atoms with Crippen molar-refractivity contribution in [3.05, 3.63) is 57.3 Å². The zero-order chi connectivity index (χ0) is 19.6. The number of nitrogens with zero attached hydrogens (tertiary/aromatic N) is 1. The van der Waals surface area contributed by atoms with E-state index in [0.29, 0.717) is 10.7 Å². The van der Waals surface area contributed by atoms with Crippen LogP contribution < -0.4 is 5.32 Å². The van der Waals surface area contributed by atoms with E-state index in [1.54, 1.807) is 18.2 Å². The number of hydrogen-bond donors (Lipinski definition) is 1. The molecule has 144 valence electrons. The third-order valence-electron chi connectivity index (χ3n) is 3.96. The summed E-state index contributed by atoms with van der Waals surface area (Å²) in [6.07, 6.45) is 0. The smallest absolute Gasteiger partial charge is 0.255 e. The highest BCUT2D eigenvalue weighted by molar-refractivity contribution is 9.10. The summed E-state index contributed by atoms with van der Waals surface area (Å²) < 4.78 is 46.6. The van der Waals surface area contributed by atoms with E-state index in [2.05, 4.69) is 21.2 Å². The van der Waals surface area contributed by atoms with Crippen LogP contribution in [-0.4, -0.2) is 44.9 Å². The lowest BCUT2D eigenvalue weighted by Gasteiger charge is -2.26. The number of carbonyl (C=O) groups is 1. The summed E-state index contributed by atoms with van der Waals surface area (Å²) in [4.78, 5) is 11.9. The summed E-state index contributed by atoms with van der Waals surface area (Å²) >= 11 is 9.34. The highest BCUT2D eigenvalue weighted by Crippen LogP contribution is 2.27. The minimum Gasteiger partial charge on any atom is -0.379 e. The summed E-state index contributed by atoms with van der Waals surface area (Å²) in [5.74, 6) is -1.52. The average molecular weight is 478 g/mol. The molecule has 10 heteroatoms. The van der Waals surface area contributed by atoms with Crippen molar-refractivity contribution in [1.82, 2.24) is 4.31 Å². The van der Waals surface area contributed by atoms with E-state index in [1.807, 2.05) is 0 Å². The van der Waals surface area contributed by atoms with Crippen LogP contribution in [0.1, 0.15) is 10.4 Å². The van der Waals surface area contributed by atoms with Gasteiger partial charge in [0.1, 0.15) is 10.7 Å². The Bertz CT molecular complexity index is 981. The lowest BCUT2D eigenvalue weighted by atomic mass is 10.2. The summed E-state index contributed by atoms with van der Waals surface area (Å²) in [5, 5.41) is 2.90. The first-order valence-corrected chi connectivity index (χ1v) is 10.5. The molecule has 27 heavy (non-hydrogen) atoms. The molecule has 1 saturated heterocycles. The molecule has 0 saturated carbocycles. The minimum atomic E-state index is -4.07. The number of sulfonamides is 1. The Labute approximate surface area is 169 Å². The van der Waals surface area contributed by atoms with Gasteiger partial charge in [0.15, 0.2) is 0 Å². The first kappa shape index (κ1) is 20.2. The van der Waals surface area contributed by atoms with Crippen molar-refractivity contribution < 1.29 is 22.3 Å². The number of anilines is 1. The Morgan fingerprint density at radius 1 is 1.19 bits per heavy atom. The second-order valence-electron chi connectivity index (χ2n) is 5.74. The molecule has 0 spiro atoms. The van der Waals surface area contributed by atoms with Gasteiger partial charge < -0.3 is 10.1 Å². The van der Waals surface area contributed by atoms with Gasteiger partial charge in [-0.05, 0) is 36.4 Å². The number of morpholine rings is 1. The van der Waals surface area contributed by atoms with Crippen molar-refractivity contribution in [2.75, 3.05) is 31.6 Å². The van der Waals surface area contributed by atoms with Crippen molar-refractivity contribution in [2.24, 2.45) is 0 Å². The van der Waals surface area contributed by atoms with Crippen molar-refractivity contribution in [3.63, 3.8) is 0 Å². The third kappa shape index (κ3) is 4.49. The number of carbonyl (C=O) groups excluding carboxylic acids is 1. The number of benzene rings is 2. The number of rotatable bonds is 4. The molecule has 1 aliphatic rings. The fourth-order valence-electron chi connectivity index (χ4n) is 2.55. The molecule has 3 rings (SSSR count). The summed E-state index contributed by atoms with van der Waals surface area (Å²) in [7, 11) is -4.07. The second-order valence-corrected chi connectivity index (χ2v) is 8.97. The van der Waals surface area contributed by atoms with Gasteiger partial charge in [0.2, 0.25) is 10.0 Å². The van der Waals surface area contributed by atoms with Gasteiger partial charge in [0.05, 0.1) is 23.9 Å². The predicted octanol–water partition coefficient (Wildman–Crippen LogP) is 3.51. The monoisotopic (exact) mass is 476 g/mol. The molecule has 2 aromatic carbocycles. The van der Waals surface area contributed by atoms with Crippen LogP contribution in [0, 0.1) is 5.82 Å². The van der Waals surface area contributed by atoms with Crippen molar-refractivity contribution >= 4 is 49.1 Å². The average Bonchev–Trinajstić information content (AvgIpc) is 2.65. The lowest BCUT2D eigenvalue weighted by molar-refractivity contribution is 0.0729. The Balaban J connectivity index is 1.89. The van der Waals surface area contributed by atoms with E-state index in [1.165, 1.54) is 6.07 Å². The van der Waals surface area contributed by atoms with Crippen LogP contribution in [0.5, 0.6) is 0 Å². The molecule has 0 aliphatic carbocycles. The molecule has 1 fully saturated rings. The molecule has 0 bridgehead atoms. The van der Waals surface area contributed by atoms with Gasteiger partial charge in [-0.25, -0.2) is 12.8 Å². The van der Waals surface area contributed by atoms with Gasteiger partial charge >= 0.3 is 0 Å². The van der Waals surface area contributed by atoms with Crippen molar-refractivity contribution in [2.45, 2.75) is 4.90 Å². The summed E-state index contributed by atoms with van der Waals surface area (Å²) in [6.45, 7) is 0.742. The minimum absolute atomic E-state index is 0.00206. The zero-order valence-corrected chi connectivity index (χ0v) is 17.1. The molecule has 0 atom stereocenters. The Morgan fingerprint density at radius 2 is 1.89 bits per heavy atom. The van der Waals surface area contributed by atoms with E-state index in [0.717, 1.165) is 20.9 Å². The lowest BCUT2D eigenvalue weighted by Crippen LogP contribution is -2.41. The number of nitrogens with one attached hydrogen (secondary N) is 1. The molecule has 6 nitrogen and oxygen atoms in total. The SMILES string of the molecule is O=C(Nc1ccc(Br)cc1Cl)c1ccc(F)c(S(=O)(=O)N2CCOCC2)c1. The van der Waals surface area contributed by atoms with E-state index in [4.69, 9.17) is 16.3 Å². The first-order valence-electron chi connectivity index (χ1n) is 7.93. The topological polar surface area (TPSA) is 75.7 Å². The van der Waals surface area contributed by atoms with E-state index < -0.39 is 26.6 Å². The zero-order valence-electron chi connectivity index (χ0n) is 13.9. The van der Waals surface area contributed by atoms with Gasteiger partial charge in [-0.2, -0.15) is 4.31 Å². The maximum atomic E-state index is 14.2. The predicted molar refractivity (Wildman–Crippen MR) is 103 cm³/mol. The van der Waals surface area contributed by atoms with E-state index in [-0.39, 0.29) is 31.9 Å². The molecular formula is C17H15BrClFN2O4S. The number of hydrogen-bond acceptors (Lipinski definition) is 4. The maximum absolute atomic E-state index is 14.2. The molecule has 1 N–H and O–H groups in total. The molecule has 1 heterocycles. The number of ether oxygens (including phenoxy) is 1. The molecule has 0 radical (unpaired) electrons. The molecule has 0 aromatic heterocycles. The van der Waals surface area contributed by atoms with Crippen LogP contribution in [0.4, 0.5) is 10.1 Å². The standard InChI is InChI=1S/C17H15BrClFN2O4S/c18-12-2-4-15(13(19)10-12)21-17(23)11-1-3-14(20)16(9-11)27(24,25)22-5-7-26-8-6-22/h1-4,9-10H,5-8H2,(H,21,23). The van der Waals surface area contributed by atoms with Crippen LogP contribution in [0.2, 0.25) is 5.02 Å². The van der Waals surface area contributed by atoms with Crippen molar-refractivity contribution in [3.8, 4) is 0 Å². The van der Waals surface area contributed by atoms with Gasteiger partial charge in [-0.1, -0.05) is 27.5 Å². The van der Waals surface area contributed by atoms with E-state index in [9.17, 15) is 17.6 Å². The summed E-state index contributed by atoms with van der Waals surface area (Å²) in [6, 6.07) is 8.11. The van der Waals surface area contributed by atoms with E-state index >= 15 is 0 Å². The van der Waals surface area contributed by atoms with Gasteiger partial charge in [-0.15, -0.1) is 0 Å². The largest absolute Gasteiger partial charge is 0.379 e. The third-order valence-corrected chi connectivity index (χ3v) is 6.68. The maximum Gasteiger partial charge on any atom is 0.255 e. The normalized spacial score (nSPS) is 15.5. The van der Waals surface area contributed by atoms with Gasteiger partial charge in [-0.3, -0.25) is 4.79 Å². The number of amides is 1. The van der Waals surface area contributed by atoms with Crippen LogP contribution in [-0.2, 0) is 14.8 Å². The molecule has 2 aromatic rings. The summed E-state index contributed by atoms with van der Waals surface area (Å²) in [5.41, 5.74) is 0.356. The fraction of sp³-hybridized carbons (Fsp3) is 0.235. The first-order chi connectivity index (χ1) is 12.8. The van der Waals surface area contributed by atoms with Crippen LogP contribution in [0.3, 0.4) is 0 Å². The fourth-order valence-corrected chi connectivity index (χ4v) is 4.77. The van der Waals surface area contributed by atoms with Crippen LogP contribution in [0.25, 0.3) is 0 Å².